The molecule has 1 fully saturated rings. The third-order valence-electron chi connectivity index (χ3n) is 3.87. The van der Waals surface area contributed by atoms with Crippen molar-refractivity contribution in [3.8, 4) is 0 Å². The van der Waals surface area contributed by atoms with Crippen molar-refractivity contribution >= 4 is 5.91 Å². The smallest absolute Gasteiger partial charge is 0.224 e. The number of hydrogen-bond acceptors (Lipinski definition) is 4. The van der Waals surface area contributed by atoms with Gasteiger partial charge in [-0.1, -0.05) is 0 Å². The first-order chi connectivity index (χ1) is 9.19. The van der Waals surface area contributed by atoms with Gasteiger partial charge in [-0.3, -0.25) is 4.79 Å². The summed E-state index contributed by atoms with van der Waals surface area (Å²) in [4.78, 5) is 16.4. The summed E-state index contributed by atoms with van der Waals surface area (Å²) in [5.74, 6) is 0.258. The molecule has 0 bridgehead atoms. The van der Waals surface area contributed by atoms with Crippen LogP contribution < -0.4 is 5.73 Å². The van der Waals surface area contributed by atoms with Gasteiger partial charge in [-0.15, -0.1) is 0 Å². The molecule has 1 rings (SSSR count). The molecule has 0 spiro atoms. The van der Waals surface area contributed by atoms with E-state index in [0.717, 1.165) is 45.5 Å². The zero-order valence-electron chi connectivity index (χ0n) is 12.4. The van der Waals surface area contributed by atoms with Crippen LogP contribution in [0.1, 0.15) is 32.1 Å². The Kier molecular flexibility index (Phi) is 8.02. The zero-order valence-corrected chi connectivity index (χ0v) is 12.4. The Morgan fingerprint density at radius 3 is 2.63 bits per heavy atom. The molecule has 1 atom stereocenters. The molecule has 5 nitrogen and oxygen atoms in total. The Bertz CT molecular complexity index is 255. The SMILES string of the molecule is COCCCN(C)C(CN)CC(=O)N1CCCCC1. The number of likely N-dealkylation sites (N-methyl/N-ethyl adjacent to an activating group) is 1. The molecule has 0 aromatic heterocycles. The minimum Gasteiger partial charge on any atom is -0.385 e. The molecule has 0 radical (unpaired) electrons. The van der Waals surface area contributed by atoms with Gasteiger partial charge in [-0.2, -0.15) is 0 Å². The van der Waals surface area contributed by atoms with E-state index in [-0.39, 0.29) is 11.9 Å². The largest absolute Gasteiger partial charge is 0.385 e. The van der Waals surface area contributed by atoms with Gasteiger partial charge in [-0.05, 0) is 32.7 Å². The number of carbonyl (C=O) groups excluding carboxylic acids is 1. The van der Waals surface area contributed by atoms with Crippen LogP contribution in [-0.4, -0.2) is 68.7 Å². The number of piperidine rings is 1. The van der Waals surface area contributed by atoms with Gasteiger partial charge in [0.05, 0.1) is 0 Å². The highest BCUT2D eigenvalue weighted by atomic mass is 16.5. The summed E-state index contributed by atoms with van der Waals surface area (Å²) in [6.07, 6.45) is 5.05. The maximum atomic E-state index is 12.2. The maximum absolute atomic E-state index is 12.2. The van der Waals surface area contributed by atoms with E-state index < -0.39 is 0 Å². The van der Waals surface area contributed by atoms with E-state index in [1.165, 1.54) is 6.42 Å². The summed E-state index contributed by atoms with van der Waals surface area (Å²) in [6, 6.07) is 0.145. The molecule has 0 aliphatic carbocycles. The molecule has 0 aromatic rings. The molecule has 1 aliphatic heterocycles. The van der Waals surface area contributed by atoms with Crippen LogP contribution in [0.5, 0.6) is 0 Å². The lowest BCUT2D eigenvalue weighted by Crippen LogP contribution is -2.44. The average molecular weight is 271 g/mol. The number of hydrogen-bond donors (Lipinski definition) is 1. The van der Waals surface area contributed by atoms with Gasteiger partial charge in [0.15, 0.2) is 0 Å². The van der Waals surface area contributed by atoms with Crippen LogP contribution in [0.2, 0.25) is 0 Å². The molecule has 5 heteroatoms. The molecule has 1 amide bonds. The fraction of sp³-hybridized carbons (Fsp3) is 0.929. The number of amides is 1. The van der Waals surface area contributed by atoms with Crippen molar-refractivity contribution in [1.82, 2.24) is 9.80 Å². The highest BCUT2D eigenvalue weighted by Gasteiger charge is 2.22. The summed E-state index contributed by atoms with van der Waals surface area (Å²) < 4.78 is 5.05. The first-order valence-electron chi connectivity index (χ1n) is 7.36. The van der Waals surface area contributed by atoms with Crippen molar-refractivity contribution in [1.29, 1.82) is 0 Å². The van der Waals surface area contributed by atoms with Gasteiger partial charge >= 0.3 is 0 Å². The van der Waals surface area contributed by atoms with Gasteiger partial charge in [0, 0.05) is 52.4 Å². The third-order valence-corrected chi connectivity index (χ3v) is 3.87. The highest BCUT2D eigenvalue weighted by Crippen LogP contribution is 2.12. The number of methoxy groups -OCH3 is 1. The fourth-order valence-corrected chi connectivity index (χ4v) is 2.53. The summed E-state index contributed by atoms with van der Waals surface area (Å²) >= 11 is 0. The maximum Gasteiger partial charge on any atom is 0.224 e. The number of ether oxygens (including phenoxy) is 1. The zero-order chi connectivity index (χ0) is 14.1. The van der Waals surface area contributed by atoms with Crippen molar-refractivity contribution in [3.05, 3.63) is 0 Å². The van der Waals surface area contributed by atoms with E-state index in [9.17, 15) is 4.79 Å². The summed E-state index contributed by atoms with van der Waals surface area (Å²) in [6.45, 7) is 4.04. The van der Waals surface area contributed by atoms with Crippen LogP contribution >= 0.6 is 0 Å². The van der Waals surface area contributed by atoms with Crippen molar-refractivity contribution in [2.24, 2.45) is 5.73 Å². The van der Waals surface area contributed by atoms with Crippen LogP contribution in [0.4, 0.5) is 0 Å². The molecule has 19 heavy (non-hydrogen) atoms. The van der Waals surface area contributed by atoms with Crippen molar-refractivity contribution in [2.75, 3.05) is 46.9 Å². The normalized spacial score (nSPS) is 17.8. The minimum atomic E-state index is 0.145. The summed E-state index contributed by atoms with van der Waals surface area (Å²) in [7, 11) is 3.75. The molecule has 112 valence electrons. The van der Waals surface area contributed by atoms with E-state index in [0.29, 0.717) is 13.0 Å². The van der Waals surface area contributed by atoms with Gasteiger partial charge in [0.2, 0.25) is 5.91 Å². The lowest BCUT2D eigenvalue weighted by molar-refractivity contribution is -0.133. The number of rotatable bonds is 8. The van der Waals surface area contributed by atoms with Gasteiger partial charge in [0.1, 0.15) is 0 Å². The number of carbonyl (C=O) groups is 1. The van der Waals surface area contributed by atoms with E-state index in [4.69, 9.17) is 10.5 Å². The van der Waals surface area contributed by atoms with Crippen molar-refractivity contribution in [3.63, 3.8) is 0 Å². The number of nitrogens with two attached hydrogens (primary N) is 1. The second-order valence-electron chi connectivity index (χ2n) is 5.36. The minimum absolute atomic E-state index is 0.145. The second-order valence-corrected chi connectivity index (χ2v) is 5.36. The van der Waals surface area contributed by atoms with Crippen LogP contribution in [-0.2, 0) is 9.53 Å². The first kappa shape index (κ1) is 16.4. The van der Waals surface area contributed by atoms with E-state index in [1.807, 2.05) is 11.9 Å². The Balaban J connectivity index is 2.34. The van der Waals surface area contributed by atoms with Crippen LogP contribution in [0.25, 0.3) is 0 Å². The molecular formula is C14H29N3O2. The summed E-state index contributed by atoms with van der Waals surface area (Å²) in [5.41, 5.74) is 5.81. The monoisotopic (exact) mass is 271 g/mol. The van der Waals surface area contributed by atoms with Crippen LogP contribution in [0, 0.1) is 0 Å². The molecule has 0 aromatic carbocycles. The molecule has 1 saturated heterocycles. The van der Waals surface area contributed by atoms with Gasteiger partial charge < -0.3 is 20.3 Å². The topological polar surface area (TPSA) is 58.8 Å². The van der Waals surface area contributed by atoms with Gasteiger partial charge in [-0.25, -0.2) is 0 Å². The van der Waals surface area contributed by atoms with E-state index >= 15 is 0 Å². The van der Waals surface area contributed by atoms with Crippen LogP contribution in [0.15, 0.2) is 0 Å². The third kappa shape index (κ3) is 5.89. The van der Waals surface area contributed by atoms with Crippen LogP contribution in [0.3, 0.4) is 0 Å². The molecule has 1 unspecified atom stereocenters. The lowest BCUT2D eigenvalue weighted by Gasteiger charge is -2.31. The van der Waals surface area contributed by atoms with Crippen molar-refractivity contribution < 1.29 is 9.53 Å². The Morgan fingerprint density at radius 2 is 2.05 bits per heavy atom. The molecular weight excluding hydrogens is 242 g/mol. The quantitative estimate of drug-likeness (QED) is 0.660. The summed E-state index contributed by atoms with van der Waals surface area (Å²) in [5, 5.41) is 0. The average Bonchev–Trinajstić information content (AvgIpc) is 2.45. The predicted molar refractivity (Wildman–Crippen MR) is 77.0 cm³/mol. The first-order valence-corrected chi connectivity index (χ1v) is 7.36. The second kappa shape index (κ2) is 9.28. The van der Waals surface area contributed by atoms with E-state index in [1.54, 1.807) is 7.11 Å². The van der Waals surface area contributed by atoms with Crippen molar-refractivity contribution in [2.45, 2.75) is 38.1 Å². The molecule has 1 heterocycles. The molecule has 2 N–H and O–H groups in total. The van der Waals surface area contributed by atoms with Gasteiger partial charge in [0.25, 0.3) is 0 Å². The Morgan fingerprint density at radius 1 is 1.37 bits per heavy atom. The van der Waals surface area contributed by atoms with E-state index in [2.05, 4.69) is 4.90 Å². The number of likely N-dealkylation sites (tertiary alicyclic amines) is 1. The molecule has 0 saturated carbocycles. The Labute approximate surface area is 117 Å². The highest BCUT2D eigenvalue weighted by molar-refractivity contribution is 5.76. The predicted octanol–water partition coefficient (Wildman–Crippen LogP) is 0.685. The Hall–Kier alpha value is -0.650. The standard InChI is InChI=1S/C14H29N3O2/c1-16(7-6-10-19-2)13(12-15)11-14(18)17-8-4-3-5-9-17/h13H,3-12,15H2,1-2H3. The molecule has 1 aliphatic rings. The number of nitrogens with zero attached hydrogens (tertiary/aromatic N) is 2. The fourth-order valence-electron chi connectivity index (χ4n) is 2.53. The lowest BCUT2D eigenvalue weighted by atomic mass is 10.1.